The van der Waals surface area contributed by atoms with Crippen LogP contribution in [0.3, 0.4) is 0 Å². The van der Waals surface area contributed by atoms with Gasteiger partial charge in [0.05, 0.1) is 19.1 Å². The van der Waals surface area contributed by atoms with E-state index in [1.165, 1.54) is 68.8 Å². The molecule has 0 radical (unpaired) electrons. The zero-order valence-corrected chi connectivity index (χ0v) is 18.7. The van der Waals surface area contributed by atoms with Gasteiger partial charge in [-0.05, 0) is 48.5 Å². The summed E-state index contributed by atoms with van der Waals surface area (Å²) < 4.78 is 65.0. The predicted octanol–water partition coefficient (Wildman–Crippen LogP) is 2.62. The molecule has 0 saturated heterocycles. The Hall–Kier alpha value is -3.57. The number of amides is 1. The third kappa shape index (κ3) is 5.18. The lowest BCUT2D eigenvalue weighted by Gasteiger charge is -2.13. The molecule has 3 rings (SSSR count). The van der Waals surface area contributed by atoms with Crippen molar-refractivity contribution in [2.24, 2.45) is 0 Å². The number of carbonyl (C=O) groups excluding carboxylic acids is 1. The largest absolute Gasteiger partial charge is 0.497 e. The van der Waals surface area contributed by atoms with Crippen molar-refractivity contribution in [3.8, 4) is 11.5 Å². The van der Waals surface area contributed by atoms with Gasteiger partial charge in [0.15, 0.2) is 0 Å². The second kappa shape index (κ2) is 9.28. The minimum absolute atomic E-state index is 0.0830. The molecule has 0 aliphatic carbocycles. The Balaban J connectivity index is 1.79. The van der Waals surface area contributed by atoms with E-state index in [1.54, 1.807) is 18.2 Å². The Morgan fingerprint density at radius 1 is 0.781 bits per heavy atom. The van der Waals surface area contributed by atoms with Gasteiger partial charge in [-0.15, -0.1) is 0 Å². The Bertz CT molecular complexity index is 1320. The maximum Gasteiger partial charge on any atom is 0.265 e. The Morgan fingerprint density at radius 2 is 1.44 bits per heavy atom. The van der Waals surface area contributed by atoms with Crippen molar-refractivity contribution < 1.29 is 31.1 Å². The molecule has 32 heavy (non-hydrogen) atoms. The van der Waals surface area contributed by atoms with E-state index in [9.17, 15) is 21.6 Å². The van der Waals surface area contributed by atoms with Gasteiger partial charge in [-0.1, -0.05) is 18.2 Å². The SMILES string of the molecule is COc1ccc(S(=O)(=O)Nc2ccc(S(=O)(=O)NC(=O)c3ccccc3)cc2)c(OC)c1. The Labute approximate surface area is 186 Å². The molecule has 3 aromatic rings. The zero-order chi connectivity index (χ0) is 23.4. The molecule has 0 fully saturated rings. The number of methoxy groups -OCH3 is 2. The highest BCUT2D eigenvalue weighted by Gasteiger charge is 2.22. The molecular formula is C21H20N2O7S2. The van der Waals surface area contributed by atoms with E-state index < -0.39 is 26.0 Å². The molecule has 1 amide bonds. The Kier molecular flexibility index (Phi) is 6.70. The summed E-state index contributed by atoms with van der Waals surface area (Å²) in [5.74, 6) is -0.269. The molecule has 0 aromatic heterocycles. The number of hydrogen-bond donors (Lipinski definition) is 2. The number of anilines is 1. The average Bonchev–Trinajstić information content (AvgIpc) is 2.79. The average molecular weight is 477 g/mol. The van der Waals surface area contributed by atoms with Crippen LogP contribution in [0.4, 0.5) is 5.69 Å². The molecule has 0 bridgehead atoms. The third-order valence-corrected chi connectivity index (χ3v) is 7.11. The lowest BCUT2D eigenvalue weighted by atomic mass is 10.2. The second-order valence-corrected chi connectivity index (χ2v) is 9.78. The standard InChI is InChI=1S/C21H20N2O7S2/c1-29-17-10-13-20(19(14-17)30-2)32(27,28)22-16-8-11-18(12-9-16)31(25,26)23-21(24)15-6-4-3-5-7-15/h3-14,22H,1-2H3,(H,23,24). The van der Waals surface area contributed by atoms with Gasteiger partial charge in [0.1, 0.15) is 16.4 Å². The molecule has 9 nitrogen and oxygen atoms in total. The third-order valence-electron chi connectivity index (χ3n) is 4.34. The van der Waals surface area contributed by atoms with Gasteiger partial charge in [-0.25, -0.2) is 21.6 Å². The Morgan fingerprint density at radius 3 is 2.03 bits per heavy atom. The first-order valence-corrected chi connectivity index (χ1v) is 12.1. The van der Waals surface area contributed by atoms with Gasteiger partial charge in [0, 0.05) is 17.3 Å². The predicted molar refractivity (Wildman–Crippen MR) is 118 cm³/mol. The first-order chi connectivity index (χ1) is 15.2. The monoisotopic (exact) mass is 476 g/mol. The van der Waals surface area contributed by atoms with Crippen LogP contribution in [0.2, 0.25) is 0 Å². The number of hydrogen-bond acceptors (Lipinski definition) is 7. The van der Waals surface area contributed by atoms with Gasteiger partial charge in [0.2, 0.25) is 0 Å². The lowest BCUT2D eigenvalue weighted by Crippen LogP contribution is -2.30. The molecule has 0 atom stereocenters. The molecule has 0 aliphatic heterocycles. The van der Waals surface area contributed by atoms with E-state index in [1.807, 2.05) is 4.72 Å². The van der Waals surface area contributed by atoms with E-state index >= 15 is 0 Å². The van der Waals surface area contributed by atoms with Crippen molar-refractivity contribution in [1.29, 1.82) is 0 Å². The smallest absolute Gasteiger partial charge is 0.265 e. The highest BCUT2D eigenvalue weighted by Crippen LogP contribution is 2.30. The van der Waals surface area contributed by atoms with Crippen molar-refractivity contribution in [1.82, 2.24) is 4.72 Å². The summed E-state index contributed by atoms with van der Waals surface area (Å²) in [6, 6.07) is 17.0. The first kappa shape index (κ1) is 23.1. The molecule has 0 aliphatic rings. The molecule has 0 heterocycles. The van der Waals surface area contributed by atoms with E-state index in [-0.39, 0.29) is 26.8 Å². The highest BCUT2D eigenvalue weighted by atomic mass is 32.2. The van der Waals surface area contributed by atoms with Gasteiger partial charge in [0.25, 0.3) is 26.0 Å². The van der Waals surface area contributed by atoms with Crippen LogP contribution < -0.4 is 18.9 Å². The topological polar surface area (TPSA) is 128 Å². The quantitative estimate of drug-likeness (QED) is 0.511. The van der Waals surface area contributed by atoms with Gasteiger partial charge < -0.3 is 9.47 Å². The van der Waals surface area contributed by atoms with Gasteiger partial charge >= 0.3 is 0 Å². The number of nitrogens with one attached hydrogen (secondary N) is 2. The van der Waals surface area contributed by atoms with E-state index in [2.05, 4.69) is 4.72 Å². The van der Waals surface area contributed by atoms with E-state index in [4.69, 9.17) is 9.47 Å². The summed E-state index contributed by atoms with van der Waals surface area (Å²) in [5.41, 5.74) is 0.310. The fourth-order valence-corrected chi connectivity index (χ4v) is 4.92. The van der Waals surface area contributed by atoms with Gasteiger partial charge in [-0.3, -0.25) is 9.52 Å². The minimum Gasteiger partial charge on any atom is -0.497 e. The number of carbonyl (C=O) groups is 1. The van der Waals surface area contributed by atoms with Crippen LogP contribution in [0.15, 0.2) is 82.6 Å². The van der Waals surface area contributed by atoms with Crippen LogP contribution in [0.5, 0.6) is 11.5 Å². The summed E-state index contributed by atoms with van der Waals surface area (Å²) in [7, 11) is -5.41. The van der Waals surface area contributed by atoms with Crippen molar-refractivity contribution >= 4 is 31.6 Å². The number of ether oxygens (including phenoxy) is 2. The van der Waals surface area contributed by atoms with Crippen molar-refractivity contribution in [3.63, 3.8) is 0 Å². The van der Waals surface area contributed by atoms with Crippen molar-refractivity contribution in [2.45, 2.75) is 9.79 Å². The summed E-state index contributed by atoms with van der Waals surface area (Å²) in [4.78, 5) is 11.8. The maximum atomic E-state index is 12.8. The summed E-state index contributed by atoms with van der Waals surface area (Å²) in [6.07, 6.45) is 0. The van der Waals surface area contributed by atoms with Crippen LogP contribution in [-0.2, 0) is 20.0 Å². The van der Waals surface area contributed by atoms with E-state index in [0.29, 0.717) is 5.75 Å². The normalized spacial score (nSPS) is 11.4. The number of rotatable bonds is 8. The minimum atomic E-state index is -4.15. The van der Waals surface area contributed by atoms with Crippen LogP contribution in [0.1, 0.15) is 10.4 Å². The molecule has 0 spiro atoms. The number of sulfonamides is 2. The molecule has 2 N–H and O–H groups in total. The summed E-state index contributed by atoms with van der Waals surface area (Å²) in [5, 5.41) is 0. The molecular weight excluding hydrogens is 456 g/mol. The summed E-state index contributed by atoms with van der Waals surface area (Å²) in [6.45, 7) is 0. The van der Waals surface area contributed by atoms with Crippen LogP contribution in [-0.4, -0.2) is 37.0 Å². The van der Waals surface area contributed by atoms with Gasteiger partial charge in [-0.2, -0.15) is 0 Å². The van der Waals surface area contributed by atoms with Crippen molar-refractivity contribution in [2.75, 3.05) is 18.9 Å². The second-order valence-electron chi connectivity index (χ2n) is 6.45. The van der Waals surface area contributed by atoms with Crippen molar-refractivity contribution in [3.05, 3.63) is 78.4 Å². The highest BCUT2D eigenvalue weighted by molar-refractivity contribution is 7.92. The molecule has 168 valence electrons. The number of benzene rings is 3. The van der Waals surface area contributed by atoms with Crippen LogP contribution >= 0.6 is 0 Å². The van der Waals surface area contributed by atoms with Crippen LogP contribution in [0.25, 0.3) is 0 Å². The fourth-order valence-electron chi connectivity index (χ4n) is 2.74. The first-order valence-electron chi connectivity index (χ1n) is 9.13. The molecule has 0 saturated carbocycles. The fraction of sp³-hybridized carbons (Fsp3) is 0.0952. The van der Waals surface area contributed by atoms with E-state index in [0.717, 1.165) is 0 Å². The summed E-state index contributed by atoms with van der Waals surface area (Å²) >= 11 is 0. The van der Waals surface area contributed by atoms with Crippen LogP contribution in [0, 0.1) is 0 Å². The molecule has 3 aromatic carbocycles. The molecule has 11 heteroatoms. The zero-order valence-electron chi connectivity index (χ0n) is 17.1. The lowest BCUT2D eigenvalue weighted by molar-refractivity contribution is 0.0981. The molecule has 0 unspecified atom stereocenters. The maximum absolute atomic E-state index is 12.8.